The molecule has 1 aromatic carbocycles. The molecule has 3 nitrogen and oxygen atoms in total. The highest BCUT2D eigenvalue weighted by Crippen LogP contribution is 2.21. The monoisotopic (exact) mass is 279 g/mol. The summed E-state index contributed by atoms with van der Waals surface area (Å²) in [6.45, 7) is 10.1. The zero-order valence-corrected chi connectivity index (χ0v) is 13.3. The van der Waals surface area contributed by atoms with Crippen molar-refractivity contribution in [2.75, 3.05) is 19.8 Å². The van der Waals surface area contributed by atoms with Crippen LogP contribution in [0.4, 0.5) is 0 Å². The second-order valence-corrected chi connectivity index (χ2v) is 5.54. The molecule has 0 amide bonds. The number of aliphatic hydroxyl groups is 1. The van der Waals surface area contributed by atoms with E-state index in [4.69, 9.17) is 4.74 Å². The van der Waals surface area contributed by atoms with Crippen LogP contribution in [-0.4, -0.2) is 30.4 Å². The molecule has 0 aromatic heterocycles. The highest BCUT2D eigenvalue weighted by Gasteiger charge is 2.25. The molecule has 0 saturated heterocycles. The van der Waals surface area contributed by atoms with Gasteiger partial charge in [-0.15, -0.1) is 0 Å². The van der Waals surface area contributed by atoms with Crippen molar-refractivity contribution in [2.45, 2.75) is 52.5 Å². The number of hydrogen-bond donors (Lipinski definition) is 2. The van der Waals surface area contributed by atoms with E-state index in [9.17, 15) is 5.11 Å². The first-order chi connectivity index (χ1) is 9.56. The Balaban J connectivity index is 2.43. The second kappa shape index (κ2) is 8.28. The van der Waals surface area contributed by atoms with Gasteiger partial charge in [-0.05, 0) is 51.3 Å². The minimum absolute atomic E-state index is 0.152. The molecule has 0 spiro atoms. The average molecular weight is 279 g/mol. The molecule has 3 heteroatoms. The summed E-state index contributed by atoms with van der Waals surface area (Å²) in [5, 5.41) is 13.0. The Hall–Kier alpha value is -1.06. The molecule has 114 valence electrons. The predicted molar refractivity (Wildman–Crippen MR) is 84.4 cm³/mol. The highest BCUT2D eigenvalue weighted by atomic mass is 16.5. The van der Waals surface area contributed by atoms with Crippen LogP contribution in [0.25, 0.3) is 0 Å². The van der Waals surface area contributed by atoms with E-state index in [1.807, 2.05) is 6.07 Å². The van der Waals surface area contributed by atoms with Gasteiger partial charge in [0, 0.05) is 5.54 Å². The molecule has 1 aromatic rings. The van der Waals surface area contributed by atoms with Crippen LogP contribution >= 0.6 is 0 Å². The van der Waals surface area contributed by atoms with E-state index >= 15 is 0 Å². The van der Waals surface area contributed by atoms with Gasteiger partial charge in [-0.1, -0.05) is 31.5 Å². The molecule has 1 atom stereocenters. The molecule has 0 bridgehead atoms. The standard InChI is InChI=1S/C17H29NO2/c1-5-17(13-19,18-6-2)10-7-11-20-16-9-8-14(3)12-15(16)4/h8-9,12,18-19H,5-7,10-11,13H2,1-4H3. The van der Waals surface area contributed by atoms with Crippen LogP contribution in [0, 0.1) is 13.8 Å². The molecule has 0 fully saturated rings. The molecule has 1 unspecified atom stereocenters. The van der Waals surface area contributed by atoms with Crippen LogP contribution in [0.3, 0.4) is 0 Å². The topological polar surface area (TPSA) is 41.5 Å². The van der Waals surface area contributed by atoms with Crippen LogP contribution < -0.4 is 10.1 Å². The Morgan fingerprint density at radius 3 is 2.55 bits per heavy atom. The lowest BCUT2D eigenvalue weighted by molar-refractivity contribution is 0.139. The molecule has 0 aliphatic rings. The Morgan fingerprint density at radius 2 is 2.00 bits per heavy atom. The number of ether oxygens (including phenoxy) is 1. The minimum Gasteiger partial charge on any atom is -0.493 e. The zero-order valence-electron chi connectivity index (χ0n) is 13.3. The SMILES string of the molecule is CCNC(CC)(CO)CCCOc1ccc(C)cc1C. The predicted octanol–water partition coefficient (Wildman–Crippen LogP) is 3.21. The maximum Gasteiger partial charge on any atom is 0.122 e. The molecule has 2 N–H and O–H groups in total. The van der Waals surface area contributed by atoms with E-state index in [1.165, 1.54) is 11.1 Å². The van der Waals surface area contributed by atoms with Crippen molar-refractivity contribution >= 4 is 0 Å². The van der Waals surface area contributed by atoms with Gasteiger partial charge in [-0.3, -0.25) is 0 Å². The summed E-state index contributed by atoms with van der Waals surface area (Å²) in [6.07, 6.45) is 2.80. The fourth-order valence-electron chi connectivity index (χ4n) is 2.57. The third-order valence-electron chi connectivity index (χ3n) is 3.92. The second-order valence-electron chi connectivity index (χ2n) is 5.54. The lowest BCUT2D eigenvalue weighted by Crippen LogP contribution is -2.48. The van der Waals surface area contributed by atoms with E-state index in [-0.39, 0.29) is 12.1 Å². The van der Waals surface area contributed by atoms with Gasteiger partial charge in [0.15, 0.2) is 0 Å². The average Bonchev–Trinajstić information content (AvgIpc) is 2.44. The first-order valence-corrected chi connectivity index (χ1v) is 7.63. The Labute approximate surface area is 123 Å². The molecule has 0 aliphatic heterocycles. The minimum atomic E-state index is -0.152. The first-order valence-electron chi connectivity index (χ1n) is 7.63. The summed E-state index contributed by atoms with van der Waals surface area (Å²) in [6, 6.07) is 6.25. The van der Waals surface area contributed by atoms with Gasteiger partial charge < -0.3 is 15.2 Å². The van der Waals surface area contributed by atoms with Crippen molar-refractivity contribution in [3.8, 4) is 5.75 Å². The maximum atomic E-state index is 9.60. The van der Waals surface area contributed by atoms with Crippen LogP contribution in [0.15, 0.2) is 18.2 Å². The van der Waals surface area contributed by atoms with Crippen molar-refractivity contribution in [3.63, 3.8) is 0 Å². The highest BCUT2D eigenvalue weighted by molar-refractivity contribution is 5.35. The van der Waals surface area contributed by atoms with Crippen molar-refractivity contribution < 1.29 is 9.84 Å². The summed E-state index contributed by atoms with van der Waals surface area (Å²) in [4.78, 5) is 0. The molecule has 0 saturated carbocycles. The van der Waals surface area contributed by atoms with Crippen LogP contribution in [-0.2, 0) is 0 Å². The molecule has 0 aliphatic carbocycles. The third-order valence-corrected chi connectivity index (χ3v) is 3.92. The van der Waals surface area contributed by atoms with E-state index in [0.29, 0.717) is 6.61 Å². The lowest BCUT2D eigenvalue weighted by Gasteiger charge is -2.31. The van der Waals surface area contributed by atoms with Crippen molar-refractivity contribution in [2.24, 2.45) is 0 Å². The van der Waals surface area contributed by atoms with E-state index in [2.05, 4.69) is 45.1 Å². The zero-order chi connectivity index (χ0) is 15.0. The lowest BCUT2D eigenvalue weighted by atomic mass is 9.91. The normalized spacial score (nSPS) is 14.1. The molecular formula is C17H29NO2. The van der Waals surface area contributed by atoms with Crippen LogP contribution in [0.5, 0.6) is 5.75 Å². The van der Waals surface area contributed by atoms with Gasteiger partial charge in [0.05, 0.1) is 13.2 Å². The summed E-state index contributed by atoms with van der Waals surface area (Å²) < 4.78 is 5.84. The quantitative estimate of drug-likeness (QED) is 0.682. The third kappa shape index (κ3) is 4.80. The fourth-order valence-corrected chi connectivity index (χ4v) is 2.57. The number of benzene rings is 1. The Morgan fingerprint density at radius 1 is 1.25 bits per heavy atom. The van der Waals surface area contributed by atoms with Gasteiger partial charge >= 0.3 is 0 Å². The number of nitrogens with one attached hydrogen (secondary N) is 1. The molecule has 20 heavy (non-hydrogen) atoms. The molecular weight excluding hydrogens is 250 g/mol. The molecule has 1 rings (SSSR count). The van der Waals surface area contributed by atoms with Gasteiger partial charge in [0.2, 0.25) is 0 Å². The Bertz CT molecular complexity index is 400. The van der Waals surface area contributed by atoms with Gasteiger partial charge in [0.25, 0.3) is 0 Å². The smallest absolute Gasteiger partial charge is 0.122 e. The van der Waals surface area contributed by atoms with E-state index in [0.717, 1.165) is 31.6 Å². The van der Waals surface area contributed by atoms with Crippen LogP contribution in [0.1, 0.15) is 44.2 Å². The summed E-state index contributed by atoms with van der Waals surface area (Å²) in [7, 11) is 0. The number of rotatable bonds is 9. The number of likely N-dealkylation sites (N-methyl/N-ethyl adjacent to an activating group) is 1. The van der Waals surface area contributed by atoms with Crippen molar-refractivity contribution in [3.05, 3.63) is 29.3 Å². The summed E-state index contributed by atoms with van der Waals surface area (Å²) >= 11 is 0. The number of aryl methyl sites for hydroxylation is 2. The van der Waals surface area contributed by atoms with E-state index < -0.39 is 0 Å². The number of hydrogen-bond acceptors (Lipinski definition) is 3. The molecule has 0 heterocycles. The van der Waals surface area contributed by atoms with E-state index in [1.54, 1.807) is 0 Å². The summed E-state index contributed by atoms with van der Waals surface area (Å²) in [5.74, 6) is 0.963. The summed E-state index contributed by atoms with van der Waals surface area (Å²) in [5.41, 5.74) is 2.29. The maximum absolute atomic E-state index is 9.60. The largest absolute Gasteiger partial charge is 0.493 e. The number of aliphatic hydroxyl groups excluding tert-OH is 1. The van der Waals surface area contributed by atoms with Crippen LogP contribution in [0.2, 0.25) is 0 Å². The molecule has 0 radical (unpaired) electrons. The Kier molecular flexibility index (Phi) is 7.03. The van der Waals surface area contributed by atoms with Gasteiger partial charge in [-0.25, -0.2) is 0 Å². The van der Waals surface area contributed by atoms with Crippen molar-refractivity contribution in [1.29, 1.82) is 0 Å². The van der Waals surface area contributed by atoms with Gasteiger partial charge in [0.1, 0.15) is 5.75 Å². The van der Waals surface area contributed by atoms with Gasteiger partial charge in [-0.2, -0.15) is 0 Å². The first kappa shape index (κ1) is 17.0. The van der Waals surface area contributed by atoms with Crippen molar-refractivity contribution in [1.82, 2.24) is 5.32 Å². The fraction of sp³-hybridized carbons (Fsp3) is 0.647.